The Balaban J connectivity index is 1.13. The zero-order valence-electron chi connectivity index (χ0n) is 19.6. The Hall–Kier alpha value is -3.88. The Bertz CT molecular complexity index is 1320. The van der Waals surface area contributed by atoms with Crippen molar-refractivity contribution in [1.82, 2.24) is 14.8 Å². The quantitative estimate of drug-likeness (QED) is 0.397. The minimum atomic E-state index is -0.327. The van der Waals surface area contributed by atoms with Gasteiger partial charge in [0, 0.05) is 44.6 Å². The van der Waals surface area contributed by atoms with Crippen LogP contribution in [0, 0.1) is 5.82 Å². The third-order valence-corrected chi connectivity index (χ3v) is 6.90. The number of carbonyl (C=O) groups is 2. The molecular formula is C28H25FN4O2S. The number of rotatable bonds is 6. The van der Waals surface area contributed by atoms with E-state index in [1.54, 1.807) is 40.5 Å². The summed E-state index contributed by atoms with van der Waals surface area (Å²) in [4.78, 5) is 33.8. The second kappa shape index (κ2) is 10.8. The number of hydrogen-bond donors (Lipinski definition) is 1. The summed E-state index contributed by atoms with van der Waals surface area (Å²) in [5.41, 5.74) is 4.67. The van der Waals surface area contributed by atoms with Crippen molar-refractivity contribution >= 4 is 28.8 Å². The van der Waals surface area contributed by atoms with E-state index in [1.807, 2.05) is 29.6 Å². The largest absolute Gasteiger partial charge is 0.336 e. The molecule has 0 spiro atoms. The van der Waals surface area contributed by atoms with Crippen LogP contribution in [0.3, 0.4) is 0 Å². The van der Waals surface area contributed by atoms with Gasteiger partial charge in [-0.2, -0.15) is 11.3 Å². The number of nitrogens with zero attached hydrogens (tertiary/aromatic N) is 3. The van der Waals surface area contributed by atoms with E-state index in [0.717, 1.165) is 36.3 Å². The summed E-state index contributed by atoms with van der Waals surface area (Å²) in [6, 6.07) is 19.4. The van der Waals surface area contributed by atoms with Gasteiger partial charge in [0.25, 0.3) is 11.8 Å². The SMILES string of the molecule is O=C(Nc1ccc(-c2ccsc2)cc1)c1ccc(C(=O)N2CCN(Cc3ccc(F)cc3)CC2)cn1. The number of benzene rings is 2. The fraction of sp³-hybridized carbons (Fsp3) is 0.179. The van der Waals surface area contributed by atoms with E-state index < -0.39 is 0 Å². The summed E-state index contributed by atoms with van der Waals surface area (Å²) in [5.74, 6) is -0.665. The fourth-order valence-corrected chi connectivity index (χ4v) is 4.83. The van der Waals surface area contributed by atoms with Crippen molar-refractivity contribution in [2.45, 2.75) is 6.54 Å². The number of thiophene rings is 1. The van der Waals surface area contributed by atoms with Crippen molar-refractivity contribution in [2.75, 3.05) is 31.5 Å². The number of hydrogen-bond acceptors (Lipinski definition) is 5. The highest BCUT2D eigenvalue weighted by atomic mass is 32.1. The van der Waals surface area contributed by atoms with E-state index in [4.69, 9.17) is 0 Å². The molecule has 0 atom stereocenters. The Morgan fingerprint density at radius 2 is 1.64 bits per heavy atom. The summed E-state index contributed by atoms with van der Waals surface area (Å²) in [6.07, 6.45) is 1.46. The van der Waals surface area contributed by atoms with Gasteiger partial charge < -0.3 is 10.2 Å². The molecule has 1 fully saturated rings. The summed E-state index contributed by atoms with van der Waals surface area (Å²) < 4.78 is 13.1. The molecule has 5 rings (SSSR count). The van der Waals surface area contributed by atoms with Crippen LogP contribution in [0.25, 0.3) is 11.1 Å². The van der Waals surface area contributed by atoms with Crippen LogP contribution in [0.2, 0.25) is 0 Å². The zero-order chi connectivity index (χ0) is 24.9. The normalized spacial score (nSPS) is 14.0. The van der Waals surface area contributed by atoms with Crippen molar-refractivity contribution in [3.05, 3.63) is 106 Å². The molecule has 182 valence electrons. The molecule has 1 saturated heterocycles. The average molecular weight is 501 g/mol. The van der Waals surface area contributed by atoms with E-state index in [1.165, 1.54) is 18.3 Å². The second-order valence-corrected chi connectivity index (χ2v) is 9.45. The van der Waals surface area contributed by atoms with Gasteiger partial charge in [0.15, 0.2) is 0 Å². The Labute approximate surface area is 213 Å². The number of pyridine rings is 1. The highest BCUT2D eigenvalue weighted by molar-refractivity contribution is 7.08. The van der Waals surface area contributed by atoms with Gasteiger partial charge in [-0.15, -0.1) is 0 Å². The fourth-order valence-electron chi connectivity index (χ4n) is 4.16. The molecule has 0 saturated carbocycles. The first kappa shape index (κ1) is 23.8. The molecule has 1 aliphatic rings. The Morgan fingerprint density at radius 1 is 0.889 bits per heavy atom. The van der Waals surface area contributed by atoms with Gasteiger partial charge in [0.1, 0.15) is 11.5 Å². The highest BCUT2D eigenvalue weighted by Crippen LogP contribution is 2.23. The van der Waals surface area contributed by atoms with Crippen LogP contribution in [-0.4, -0.2) is 52.8 Å². The number of halogens is 1. The Kier molecular flexibility index (Phi) is 7.16. The van der Waals surface area contributed by atoms with Gasteiger partial charge in [-0.3, -0.25) is 19.5 Å². The lowest BCUT2D eigenvalue weighted by Crippen LogP contribution is -2.48. The molecule has 0 aliphatic carbocycles. The average Bonchev–Trinajstić information content (AvgIpc) is 3.46. The first-order valence-electron chi connectivity index (χ1n) is 11.7. The maximum Gasteiger partial charge on any atom is 0.274 e. The summed E-state index contributed by atoms with van der Waals surface area (Å²) in [7, 11) is 0. The van der Waals surface area contributed by atoms with Crippen LogP contribution in [0.5, 0.6) is 0 Å². The minimum absolute atomic E-state index is 0.0973. The maximum atomic E-state index is 13.1. The van der Waals surface area contributed by atoms with E-state index in [-0.39, 0.29) is 23.3 Å². The van der Waals surface area contributed by atoms with Crippen LogP contribution >= 0.6 is 11.3 Å². The van der Waals surface area contributed by atoms with Crippen LogP contribution in [-0.2, 0) is 6.54 Å². The van der Waals surface area contributed by atoms with Crippen molar-refractivity contribution < 1.29 is 14.0 Å². The molecule has 0 unspecified atom stereocenters. The molecule has 2 aromatic carbocycles. The van der Waals surface area contributed by atoms with Gasteiger partial charge in [-0.25, -0.2) is 4.39 Å². The van der Waals surface area contributed by atoms with Gasteiger partial charge >= 0.3 is 0 Å². The maximum absolute atomic E-state index is 13.1. The summed E-state index contributed by atoms with van der Waals surface area (Å²) in [5, 5.41) is 6.96. The van der Waals surface area contributed by atoms with Crippen LogP contribution < -0.4 is 5.32 Å². The van der Waals surface area contributed by atoms with Crippen LogP contribution in [0.1, 0.15) is 26.4 Å². The highest BCUT2D eigenvalue weighted by Gasteiger charge is 2.23. The monoisotopic (exact) mass is 500 g/mol. The molecule has 1 N–H and O–H groups in total. The van der Waals surface area contributed by atoms with Crippen molar-refractivity contribution in [2.24, 2.45) is 0 Å². The number of nitrogens with one attached hydrogen (secondary N) is 1. The first-order chi connectivity index (χ1) is 17.5. The molecule has 1 aliphatic heterocycles. The number of aromatic nitrogens is 1. The number of anilines is 1. The van der Waals surface area contributed by atoms with Gasteiger partial charge in [0.05, 0.1) is 5.56 Å². The van der Waals surface area contributed by atoms with Crippen molar-refractivity contribution in [1.29, 1.82) is 0 Å². The molecule has 2 aromatic heterocycles. The van der Waals surface area contributed by atoms with Gasteiger partial charge in [-0.1, -0.05) is 24.3 Å². The molecule has 2 amide bonds. The third kappa shape index (κ3) is 5.67. The minimum Gasteiger partial charge on any atom is -0.336 e. The van der Waals surface area contributed by atoms with Gasteiger partial charge in [-0.05, 0) is 69.9 Å². The molecule has 6 nitrogen and oxygen atoms in total. The predicted molar refractivity (Wildman–Crippen MR) is 140 cm³/mol. The zero-order valence-corrected chi connectivity index (χ0v) is 20.4. The van der Waals surface area contributed by atoms with Crippen molar-refractivity contribution in [3.63, 3.8) is 0 Å². The molecular weight excluding hydrogens is 475 g/mol. The number of amides is 2. The molecule has 36 heavy (non-hydrogen) atoms. The molecule has 4 aromatic rings. The first-order valence-corrected chi connectivity index (χ1v) is 12.7. The molecule has 8 heteroatoms. The Morgan fingerprint density at radius 3 is 2.28 bits per heavy atom. The van der Waals surface area contributed by atoms with Crippen molar-refractivity contribution in [3.8, 4) is 11.1 Å². The topological polar surface area (TPSA) is 65.5 Å². The van der Waals surface area contributed by atoms with Crippen LogP contribution in [0.4, 0.5) is 10.1 Å². The smallest absolute Gasteiger partial charge is 0.274 e. The molecule has 0 radical (unpaired) electrons. The number of piperazine rings is 1. The lowest BCUT2D eigenvalue weighted by molar-refractivity contribution is 0.0627. The third-order valence-electron chi connectivity index (χ3n) is 6.22. The summed E-state index contributed by atoms with van der Waals surface area (Å²) >= 11 is 1.64. The lowest BCUT2D eigenvalue weighted by Gasteiger charge is -2.34. The molecule has 0 bridgehead atoms. The second-order valence-electron chi connectivity index (χ2n) is 8.67. The lowest BCUT2D eigenvalue weighted by atomic mass is 10.1. The summed E-state index contributed by atoms with van der Waals surface area (Å²) in [6.45, 7) is 3.40. The number of carbonyl (C=O) groups excluding carboxylic acids is 2. The van der Waals surface area contributed by atoms with E-state index >= 15 is 0 Å². The van der Waals surface area contributed by atoms with E-state index in [2.05, 4.69) is 26.6 Å². The van der Waals surface area contributed by atoms with E-state index in [0.29, 0.717) is 24.3 Å². The predicted octanol–water partition coefficient (Wildman–Crippen LogP) is 5.16. The standard InChI is InChI=1S/C28H25FN4O2S/c29-24-6-1-20(2-7-24)18-32-12-14-33(15-13-32)28(35)22-5-10-26(30-17-22)27(34)31-25-8-3-21(4-9-25)23-11-16-36-19-23/h1-11,16-17,19H,12-15,18H2,(H,31,34). The molecule has 3 heterocycles. The van der Waals surface area contributed by atoms with Crippen LogP contribution in [0.15, 0.2) is 83.7 Å². The van der Waals surface area contributed by atoms with Gasteiger partial charge in [0.2, 0.25) is 0 Å². The van der Waals surface area contributed by atoms with E-state index in [9.17, 15) is 14.0 Å².